The fourth-order valence-corrected chi connectivity index (χ4v) is 2.59. The normalized spacial score (nSPS) is 14.6. The van der Waals surface area contributed by atoms with Crippen molar-refractivity contribution in [2.45, 2.75) is 19.3 Å². The molecule has 1 aliphatic carbocycles. The van der Waals surface area contributed by atoms with Gasteiger partial charge in [-0.3, -0.25) is 4.99 Å². The Hall–Kier alpha value is -0.830. The molecule has 0 amide bonds. The van der Waals surface area contributed by atoms with Crippen LogP contribution in [0.15, 0.2) is 23.2 Å². The summed E-state index contributed by atoms with van der Waals surface area (Å²) >= 11 is 0. The van der Waals surface area contributed by atoms with Crippen LogP contribution >= 0.6 is 24.0 Å². The topological polar surface area (TPSA) is 84.5 Å². The van der Waals surface area contributed by atoms with Crippen molar-refractivity contribution in [2.24, 2.45) is 10.7 Å². The van der Waals surface area contributed by atoms with E-state index in [1.54, 1.807) is 0 Å². The van der Waals surface area contributed by atoms with Crippen molar-refractivity contribution < 1.29 is 8.42 Å². The zero-order valence-electron chi connectivity index (χ0n) is 11.4. The van der Waals surface area contributed by atoms with Crippen LogP contribution in [0.1, 0.15) is 17.5 Å². The summed E-state index contributed by atoms with van der Waals surface area (Å²) in [5.41, 5.74) is 9.38. The third kappa shape index (κ3) is 5.28. The van der Waals surface area contributed by atoms with Crippen LogP contribution in [0.4, 0.5) is 5.69 Å². The number of halogens is 1. The smallest absolute Gasteiger partial charge is 0.193 e. The number of anilines is 1. The van der Waals surface area contributed by atoms with Gasteiger partial charge in [-0.15, -0.1) is 24.0 Å². The first-order valence-corrected chi connectivity index (χ1v) is 8.36. The molecule has 20 heavy (non-hydrogen) atoms. The Morgan fingerprint density at radius 2 is 2.05 bits per heavy atom. The molecule has 7 heteroatoms. The molecular formula is C13H20IN3O2S. The van der Waals surface area contributed by atoms with E-state index in [9.17, 15) is 8.42 Å². The van der Waals surface area contributed by atoms with Crippen molar-refractivity contribution in [2.75, 3.05) is 23.9 Å². The summed E-state index contributed by atoms with van der Waals surface area (Å²) in [7, 11) is -2.99. The Morgan fingerprint density at radius 3 is 2.75 bits per heavy atom. The Kier molecular flexibility index (Phi) is 6.25. The first-order valence-electron chi connectivity index (χ1n) is 6.30. The van der Waals surface area contributed by atoms with Crippen molar-refractivity contribution in [3.63, 3.8) is 0 Å². The summed E-state index contributed by atoms with van der Waals surface area (Å²) in [6.07, 6.45) is 4.65. The highest BCUT2D eigenvalue weighted by Gasteiger charge is 2.10. The number of sulfone groups is 1. The molecular weight excluding hydrogens is 389 g/mol. The second kappa shape index (κ2) is 7.26. The van der Waals surface area contributed by atoms with Gasteiger partial charge in [0.15, 0.2) is 5.96 Å². The molecule has 0 heterocycles. The summed E-state index contributed by atoms with van der Waals surface area (Å²) in [4.78, 5) is 4.00. The molecule has 0 aliphatic heterocycles. The summed E-state index contributed by atoms with van der Waals surface area (Å²) in [5, 5.41) is 2.99. The van der Waals surface area contributed by atoms with Crippen molar-refractivity contribution >= 4 is 45.5 Å². The van der Waals surface area contributed by atoms with Gasteiger partial charge < -0.3 is 11.1 Å². The quantitative estimate of drug-likeness (QED) is 0.449. The lowest BCUT2D eigenvalue weighted by atomic mass is 10.1. The third-order valence-electron chi connectivity index (χ3n) is 3.12. The van der Waals surface area contributed by atoms with E-state index in [-0.39, 0.29) is 42.2 Å². The van der Waals surface area contributed by atoms with Crippen molar-refractivity contribution in [3.8, 4) is 0 Å². The number of aryl methyl sites for hydroxylation is 2. The van der Waals surface area contributed by atoms with Crippen LogP contribution in [-0.2, 0) is 22.7 Å². The van der Waals surface area contributed by atoms with Crippen molar-refractivity contribution in [3.05, 3.63) is 29.3 Å². The Balaban J connectivity index is 0.00000200. The van der Waals surface area contributed by atoms with Crippen LogP contribution in [0.3, 0.4) is 0 Å². The van der Waals surface area contributed by atoms with Gasteiger partial charge in [0.2, 0.25) is 0 Å². The van der Waals surface area contributed by atoms with Gasteiger partial charge in [-0.05, 0) is 42.5 Å². The van der Waals surface area contributed by atoms with E-state index in [0.717, 1.165) is 18.5 Å². The van der Waals surface area contributed by atoms with E-state index < -0.39 is 9.84 Å². The van der Waals surface area contributed by atoms with Crippen molar-refractivity contribution in [1.82, 2.24) is 0 Å². The number of rotatable bonds is 4. The highest BCUT2D eigenvalue weighted by molar-refractivity contribution is 14.0. The maximum Gasteiger partial charge on any atom is 0.193 e. The molecule has 0 aromatic heterocycles. The molecule has 0 radical (unpaired) electrons. The lowest BCUT2D eigenvalue weighted by Crippen LogP contribution is -2.23. The molecule has 0 spiro atoms. The van der Waals surface area contributed by atoms with Gasteiger partial charge in [-0.1, -0.05) is 6.07 Å². The number of hydrogen-bond acceptors (Lipinski definition) is 3. The van der Waals surface area contributed by atoms with Gasteiger partial charge in [0.1, 0.15) is 9.84 Å². The van der Waals surface area contributed by atoms with Crippen LogP contribution in [0.5, 0.6) is 0 Å². The highest BCUT2D eigenvalue weighted by Crippen LogP contribution is 2.24. The van der Waals surface area contributed by atoms with Crippen LogP contribution in [0.25, 0.3) is 0 Å². The predicted octanol–water partition coefficient (Wildman–Crippen LogP) is 1.56. The monoisotopic (exact) mass is 409 g/mol. The summed E-state index contributed by atoms with van der Waals surface area (Å²) in [5.74, 6) is 0.265. The molecule has 1 aliphatic rings. The molecule has 2 rings (SSSR count). The van der Waals surface area contributed by atoms with Gasteiger partial charge in [0.05, 0.1) is 12.3 Å². The second-order valence-electron chi connectivity index (χ2n) is 4.86. The molecule has 0 unspecified atom stereocenters. The summed E-state index contributed by atoms with van der Waals surface area (Å²) in [6.45, 7) is 0.183. The summed E-state index contributed by atoms with van der Waals surface area (Å²) < 4.78 is 21.9. The number of hydrogen-bond donors (Lipinski definition) is 2. The van der Waals surface area contributed by atoms with Gasteiger partial charge in [-0.25, -0.2) is 8.42 Å². The second-order valence-corrected chi connectivity index (χ2v) is 7.12. The number of fused-ring (bicyclic) bond motifs is 1. The highest BCUT2D eigenvalue weighted by atomic mass is 127. The third-order valence-corrected chi connectivity index (χ3v) is 4.04. The number of nitrogens with zero attached hydrogens (tertiary/aromatic N) is 1. The number of benzene rings is 1. The minimum Gasteiger partial charge on any atom is -0.370 e. The molecule has 3 N–H and O–H groups in total. The van der Waals surface area contributed by atoms with Gasteiger partial charge >= 0.3 is 0 Å². The molecule has 112 valence electrons. The number of aliphatic imine (C=N–C) groups is 1. The van der Waals surface area contributed by atoms with Gasteiger partial charge in [-0.2, -0.15) is 0 Å². The fourth-order valence-electron chi connectivity index (χ4n) is 2.17. The molecule has 0 bridgehead atoms. The number of guanidine groups is 1. The molecule has 0 fully saturated rings. The average Bonchev–Trinajstić information content (AvgIpc) is 2.74. The van der Waals surface area contributed by atoms with E-state index in [1.807, 2.05) is 6.07 Å². The van der Waals surface area contributed by atoms with Crippen LogP contribution in [0, 0.1) is 0 Å². The minimum absolute atomic E-state index is 0. The Labute approximate surface area is 137 Å². The Morgan fingerprint density at radius 1 is 1.35 bits per heavy atom. The summed E-state index contributed by atoms with van der Waals surface area (Å²) in [6, 6.07) is 6.17. The standard InChI is InChI=1S/C13H19N3O2S.HI/c1-19(17,18)8-7-15-13(14)16-12-6-5-10-3-2-4-11(10)9-12;/h5-6,9H,2-4,7-8H2,1H3,(H3,14,15,16);1H. The lowest BCUT2D eigenvalue weighted by molar-refractivity contribution is 0.601. The minimum atomic E-state index is -2.99. The maximum atomic E-state index is 11.0. The number of nitrogens with one attached hydrogen (secondary N) is 1. The fraction of sp³-hybridized carbons (Fsp3) is 0.462. The first kappa shape index (κ1) is 17.2. The van der Waals surface area contributed by atoms with Crippen LogP contribution in [0.2, 0.25) is 0 Å². The average molecular weight is 409 g/mol. The van der Waals surface area contributed by atoms with E-state index in [2.05, 4.69) is 22.4 Å². The molecule has 0 saturated heterocycles. The SMILES string of the molecule is CS(=O)(=O)CCN=C(N)Nc1ccc2c(c1)CCC2.I. The predicted molar refractivity (Wildman–Crippen MR) is 93.7 cm³/mol. The van der Waals surface area contributed by atoms with E-state index in [1.165, 1.54) is 23.8 Å². The first-order chi connectivity index (χ1) is 8.94. The molecule has 1 aromatic carbocycles. The Bertz CT molecular complexity index is 600. The molecule has 0 saturated carbocycles. The van der Waals surface area contributed by atoms with E-state index in [0.29, 0.717) is 0 Å². The van der Waals surface area contributed by atoms with Gasteiger partial charge in [0.25, 0.3) is 0 Å². The maximum absolute atomic E-state index is 11.0. The lowest BCUT2D eigenvalue weighted by Gasteiger charge is -2.07. The molecule has 1 aromatic rings. The van der Waals surface area contributed by atoms with E-state index >= 15 is 0 Å². The van der Waals surface area contributed by atoms with Crippen molar-refractivity contribution in [1.29, 1.82) is 0 Å². The largest absolute Gasteiger partial charge is 0.370 e. The number of nitrogens with two attached hydrogens (primary N) is 1. The molecule has 0 atom stereocenters. The van der Waals surface area contributed by atoms with E-state index in [4.69, 9.17) is 5.73 Å². The van der Waals surface area contributed by atoms with Crippen LogP contribution in [-0.4, -0.2) is 32.9 Å². The molecule has 5 nitrogen and oxygen atoms in total. The van der Waals surface area contributed by atoms with Gasteiger partial charge in [0, 0.05) is 11.9 Å². The zero-order chi connectivity index (χ0) is 13.9. The zero-order valence-corrected chi connectivity index (χ0v) is 14.6. The van der Waals surface area contributed by atoms with Crippen LogP contribution < -0.4 is 11.1 Å².